The second-order valence-electron chi connectivity index (χ2n) is 5.37. The van der Waals surface area contributed by atoms with Crippen LogP contribution < -0.4 is 11.1 Å². The normalized spacial score (nSPS) is 29.9. The molecule has 0 aromatic heterocycles. The quantitative estimate of drug-likeness (QED) is 0.676. The average molecular weight is 239 g/mol. The van der Waals surface area contributed by atoms with Gasteiger partial charge in [0.05, 0.1) is 0 Å². The Morgan fingerprint density at radius 2 is 2.18 bits per heavy atom. The van der Waals surface area contributed by atoms with Gasteiger partial charge in [-0.05, 0) is 58.2 Å². The fourth-order valence-corrected chi connectivity index (χ4v) is 3.24. The molecular weight excluding hydrogens is 214 g/mol. The lowest BCUT2D eigenvalue weighted by molar-refractivity contribution is -0.118. The van der Waals surface area contributed by atoms with Crippen LogP contribution >= 0.6 is 0 Å². The van der Waals surface area contributed by atoms with Crippen LogP contribution in [0.25, 0.3) is 0 Å². The number of rotatable bonds is 6. The van der Waals surface area contributed by atoms with Crippen LogP contribution in [0.15, 0.2) is 0 Å². The van der Waals surface area contributed by atoms with E-state index < -0.39 is 0 Å². The Kier molecular flexibility index (Phi) is 4.80. The summed E-state index contributed by atoms with van der Waals surface area (Å²) in [6.07, 6.45) is 7.92. The zero-order valence-corrected chi connectivity index (χ0v) is 10.7. The Morgan fingerprint density at radius 1 is 1.29 bits per heavy atom. The number of nitrogens with two attached hydrogens (primary N) is 1. The van der Waals surface area contributed by atoms with Crippen LogP contribution in [-0.2, 0) is 4.79 Å². The Morgan fingerprint density at radius 3 is 2.88 bits per heavy atom. The summed E-state index contributed by atoms with van der Waals surface area (Å²) in [6, 6.07) is 1.46. The Labute approximate surface area is 104 Å². The van der Waals surface area contributed by atoms with Crippen molar-refractivity contribution in [2.45, 2.75) is 57.0 Å². The van der Waals surface area contributed by atoms with Gasteiger partial charge in [0.1, 0.15) is 0 Å². The van der Waals surface area contributed by atoms with E-state index >= 15 is 0 Å². The maximum Gasteiger partial charge on any atom is 0.217 e. The lowest BCUT2D eigenvalue weighted by Crippen LogP contribution is -2.44. The Balaban J connectivity index is 1.69. The van der Waals surface area contributed by atoms with Crippen LogP contribution in [0.4, 0.5) is 0 Å². The van der Waals surface area contributed by atoms with Gasteiger partial charge in [0, 0.05) is 18.5 Å². The first-order valence-corrected chi connectivity index (χ1v) is 7.03. The summed E-state index contributed by atoms with van der Waals surface area (Å²) < 4.78 is 0. The van der Waals surface area contributed by atoms with E-state index in [1.54, 1.807) is 0 Å². The fraction of sp³-hybridized carbons (Fsp3) is 0.923. The summed E-state index contributed by atoms with van der Waals surface area (Å²) in [4.78, 5) is 13.3. The van der Waals surface area contributed by atoms with Crippen LogP contribution in [0, 0.1) is 0 Å². The largest absolute Gasteiger partial charge is 0.370 e. The summed E-state index contributed by atoms with van der Waals surface area (Å²) in [6.45, 7) is 3.56. The van der Waals surface area contributed by atoms with E-state index in [2.05, 4.69) is 10.2 Å². The first-order valence-electron chi connectivity index (χ1n) is 7.03. The highest BCUT2D eigenvalue weighted by Crippen LogP contribution is 2.25. The smallest absolute Gasteiger partial charge is 0.217 e. The summed E-state index contributed by atoms with van der Waals surface area (Å²) >= 11 is 0. The fourth-order valence-electron chi connectivity index (χ4n) is 3.24. The molecule has 0 aliphatic carbocycles. The zero-order valence-electron chi connectivity index (χ0n) is 10.7. The van der Waals surface area contributed by atoms with Crippen molar-refractivity contribution in [3.05, 3.63) is 0 Å². The number of amides is 1. The molecule has 2 heterocycles. The monoisotopic (exact) mass is 239 g/mol. The number of hydrogen-bond acceptors (Lipinski definition) is 3. The van der Waals surface area contributed by atoms with Gasteiger partial charge in [0.15, 0.2) is 0 Å². The van der Waals surface area contributed by atoms with Crippen LogP contribution in [0.2, 0.25) is 0 Å². The summed E-state index contributed by atoms with van der Waals surface area (Å²) in [5, 5.41) is 3.62. The summed E-state index contributed by atoms with van der Waals surface area (Å²) in [5.74, 6) is -0.166. The summed E-state index contributed by atoms with van der Waals surface area (Å²) in [7, 11) is 0. The van der Waals surface area contributed by atoms with E-state index in [9.17, 15) is 4.79 Å². The molecule has 0 spiro atoms. The third-order valence-electron chi connectivity index (χ3n) is 4.10. The van der Waals surface area contributed by atoms with Gasteiger partial charge in [-0.15, -0.1) is 0 Å². The maximum atomic E-state index is 10.7. The summed E-state index contributed by atoms with van der Waals surface area (Å²) in [5.41, 5.74) is 5.15. The van der Waals surface area contributed by atoms with Crippen molar-refractivity contribution in [1.29, 1.82) is 0 Å². The second-order valence-corrected chi connectivity index (χ2v) is 5.37. The number of hydrogen-bond donors (Lipinski definition) is 2. The third-order valence-corrected chi connectivity index (χ3v) is 4.10. The number of likely N-dealkylation sites (tertiary alicyclic amines) is 1. The molecule has 2 saturated heterocycles. The molecule has 98 valence electrons. The van der Waals surface area contributed by atoms with E-state index in [1.807, 2.05) is 0 Å². The number of carbonyl (C=O) groups excluding carboxylic acids is 1. The second kappa shape index (κ2) is 6.36. The van der Waals surface area contributed by atoms with E-state index in [0.29, 0.717) is 12.5 Å². The van der Waals surface area contributed by atoms with E-state index in [0.717, 1.165) is 25.4 Å². The molecule has 2 aliphatic rings. The van der Waals surface area contributed by atoms with Gasteiger partial charge < -0.3 is 11.1 Å². The van der Waals surface area contributed by atoms with Crippen LogP contribution in [0.5, 0.6) is 0 Å². The van der Waals surface area contributed by atoms with Crippen LogP contribution in [0.3, 0.4) is 0 Å². The molecule has 0 radical (unpaired) electrons. The number of carbonyl (C=O) groups is 1. The number of nitrogens with one attached hydrogen (secondary N) is 1. The van der Waals surface area contributed by atoms with Crippen molar-refractivity contribution in [3.63, 3.8) is 0 Å². The van der Waals surface area contributed by atoms with E-state index in [-0.39, 0.29) is 5.91 Å². The number of nitrogens with zero attached hydrogens (tertiary/aromatic N) is 1. The van der Waals surface area contributed by atoms with Gasteiger partial charge in [-0.3, -0.25) is 9.69 Å². The molecule has 17 heavy (non-hydrogen) atoms. The molecule has 2 unspecified atom stereocenters. The highest BCUT2D eigenvalue weighted by Gasteiger charge is 2.32. The minimum Gasteiger partial charge on any atom is -0.370 e. The zero-order chi connectivity index (χ0) is 12.1. The molecule has 4 heteroatoms. The van der Waals surface area contributed by atoms with Gasteiger partial charge >= 0.3 is 0 Å². The molecule has 1 amide bonds. The van der Waals surface area contributed by atoms with E-state index in [4.69, 9.17) is 5.73 Å². The van der Waals surface area contributed by atoms with Gasteiger partial charge in [0.2, 0.25) is 5.91 Å². The molecule has 0 aromatic carbocycles. The molecule has 2 atom stereocenters. The van der Waals surface area contributed by atoms with Crippen molar-refractivity contribution < 1.29 is 4.79 Å². The SMILES string of the molecule is NC(=O)CCCCN1CCCC1C1CCCN1. The van der Waals surface area contributed by atoms with Crippen molar-refractivity contribution in [3.8, 4) is 0 Å². The van der Waals surface area contributed by atoms with Crippen molar-refractivity contribution in [2.24, 2.45) is 5.73 Å². The molecule has 3 N–H and O–H groups in total. The molecule has 0 aromatic rings. The van der Waals surface area contributed by atoms with Gasteiger partial charge in [-0.1, -0.05) is 0 Å². The van der Waals surface area contributed by atoms with Gasteiger partial charge in [0.25, 0.3) is 0 Å². The lowest BCUT2D eigenvalue weighted by atomic mass is 10.0. The molecule has 0 saturated carbocycles. The minimum absolute atomic E-state index is 0.166. The topological polar surface area (TPSA) is 58.4 Å². The number of unbranched alkanes of at least 4 members (excludes halogenated alkanes) is 1. The molecule has 4 nitrogen and oxygen atoms in total. The van der Waals surface area contributed by atoms with Crippen LogP contribution in [0.1, 0.15) is 44.9 Å². The van der Waals surface area contributed by atoms with Crippen LogP contribution in [-0.4, -0.2) is 42.5 Å². The van der Waals surface area contributed by atoms with Crippen molar-refractivity contribution in [1.82, 2.24) is 10.2 Å². The third kappa shape index (κ3) is 3.68. The van der Waals surface area contributed by atoms with Gasteiger partial charge in [-0.2, -0.15) is 0 Å². The standard InChI is InChI=1S/C13H25N3O/c14-13(17)7-1-2-9-16-10-4-6-12(16)11-5-3-8-15-11/h11-12,15H,1-10H2,(H2,14,17). The first kappa shape index (κ1) is 12.8. The minimum atomic E-state index is -0.166. The molecule has 0 bridgehead atoms. The molecule has 2 aliphatic heterocycles. The van der Waals surface area contributed by atoms with Gasteiger partial charge in [-0.25, -0.2) is 0 Å². The first-order chi connectivity index (χ1) is 8.27. The Hall–Kier alpha value is -0.610. The molecule has 2 fully saturated rings. The lowest BCUT2D eigenvalue weighted by Gasteiger charge is -2.29. The Bertz CT molecular complexity index is 251. The highest BCUT2D eigenvalue weighted by molar-refractivity contribution is 5.73. The highest BCUT2D eigenvalue weighted by atomic mass is 16.1. The predicted molar refractivity (Wildman–Crippen MR) is 68.7 cm³/mol. The van der Waals surface area contributed by atoms with Crippen molar-refractivity contribution >= 4 is 5.91 Å². The number of primary amides is 1. The van der Waals surface area contributed by atoms with E-state index in [1.165, 1.54) is 38.8 Å². The average Bonchev–Trinajstić information content (AvgIpc) is 2.94. The molecular formula is C13H25N3O. The predicted octanol–water partition coefficient (Wildman–Crippen LogP) is 0.858. The maximum absolute atomic E-state index is 10.7. The van der Waals surface area contributed by atoms with Crippen molar-refractivity contribution in [2.75, 3.05) is 19.6 Å². The molecule has 2 rings (SSSR count).